The molecule has 3 aromatic rings. The largest absolute Gasteiger partial charge is 0.365 e. The van der Waals surface area contributed by atoms with Gasteiger partial charge in [-0.2, -0.15) is 4.98 Å². The fourth-order valence-corrected chi connectivity index (χ4v) is 2.46. The summed E-state index contributed by atoms with van der Waals surface area (Å²) in [7, 11) is 0. The molecule has 2 heterocycles. The van der Waals surface area contributed by atoms with Crippen LogP contribution in [-0.2, 0) is 0 Å². The van der Waals surface area contributed by atoms with Crippen molar-refractivity contribution in [3.05, 3.63) is 47.5 Å². The molecule has 1 aliphatic rings. The van der Waals surface area contributed by atoms with E-state index in [0.29, 0.717) is 22.9 Å². The Hall–Kier alpha value is -2.27. The van der Waals surface area contributed by atoms with Crippen molar-refractivity contribution in [3.63, 3.8) is 0 Å². The van der Waals surface area contributed by atoms with Gasteiger partial charge in [0.25, 0.3) is 0 Å². The highest BCUT2D eigenvalue weighted by Crippen LogP contribution is 2.29. The fraction of sp³-hybridized carbons (Fsp3) is 0.188. The van der Waals surface area contributed by atoms with Crippen LogP contribution in [-0.4, -0.2) is 21.0 Å². The topological polar surface area (TPSA) is 50.7 Å². The second-order valence-electron chi connectivity index (χ2n) is 5.33. The van der Waals surface area contributed by atoms with E-state index in [9.17, 15) is 4.39 Å². The molecule has 6 heteroatoms. The molecule has 0 bridgehead atoms. The first-order valence-electron chi connectivity index (χ1n) is 7.06. The average Bonchev–Trinajstić information content (AvgIpc) is 3.32. The molecule has 1 fully saturated rings. The lowest BCUT2D eigenvalue weighted by atomic mass is 10.1. The Kier molecular flexibility index (Phi) is 3.15. The Morgan fingerprint density at radius 2 is 1.77 bits per heavy atom. The standard InChI is InChI=1S/C16H12ClFN4/c17-16-21-13-8-7-12(9-1-3-10(18)4-2-9)20-14(13)15(22-16)19-11-5-6-11/h1-4,7-8,11H,5-6H2,(H,19,21,22). The maximum absolute atomic E-state index is 13.0. The number of nitrogens with one attached hydrogen (secondary N) is 1. The van der Waals surface area contributed by atoms with Crippen LogP contribution in [0.2, 0.25) is 5.28 Å². The van der Waals surface area contributed by atoms with Crippen LogP contribution in [0.3, 0.4) is 0 Å². The molecular weight excluding hydrogens is 303 g/mol. The molecule has 0 saturated heterocycles. The minimum absolute atomic E-state index is 0.201. The number of aromatic nitrogens is 3. The maximum Gasteiger partial charge on any atom is 0.225 e. The first-order valence-corrected chi connectivity index (χ1v) is 7.43. The molecule has 4 rings (SSSR count). The van der Waals surface area contributed by atoms with Crippen molar-refractivity contribution < 1.29 is 4.39 Å². The summed E-state index contributed by atoms with van der Waals surface area (Å²) >= 11 is 5.97. The Balaban J connectivity index is 1.84. The highest BCUT2D eigenvalue weighted by Gasteiger charge is 2.23. The van der Waals surface area contributed by atoms with E-state index in [-0.39, 0.29) is 11.1 Å². The van der Waals surface area contributed by atoms with Gasteiger partial charge in [0.1, 0.15) is 11.3 Å². The molecule has 1 aliphatic carbocycles. The number of benzene rings is 1. The van der Waals surface area contributed by atoms with Crippen molar-refractivity contribution in [2.45, 2.75) is 18.9 Å². The highest BCUT2D eigenvalue weighted by molar-refractivity contribution is 6.28. The third kappa shape index (κ3) is 2.60. The lowest BCUT2D eigenvalue weighted by Gasteiger charge is -2.09. The van der Waals surface area contributed by atoms with Crippen LogP contribution in [0.5, 0.6) is 0 Å². The normalized spacial score (nSPS) is 14.3. The first-order chi connectivity index (χ1) is 10.7. The molecule has 0 aliphatic heterocycles. The Morgan fingerprint density at radius 1 is 1.00 bits per heavy atom. The number of nitrogens with zero attached hydrogens (tertiary/aromatic N) is 3. The van der Waals surface area contributed by atoms with Gasteiger partial charge in [-0.15, -0.1) is 0 Å². The molecule has 0 radical (unpaired) electrons. The van der Waals surface area contributed by atoms with E-state index in [2.05, 4.69) is 20.3 Å². The molecule has 0 unspecified atom stereocenters. The van der Waals surface area contributed by atoms with Crippen LogP contribution < -0.4 is 5.32 Å². The molecule has 1 saturated carbocycles. The Labute approximate surface area is 131 Å². The van der Waals surface area contributed by atoms with E-state index >= 15 is 0 Å². The van der Waals surface area contributed by atoms with Crippen molar-refractivity contribution in [2.24, 2.45) is 0 Å². The third-order valence-electron chi connectivity index (χ3n) is 3.57. The van der Waals surface area contributed by atoms with Gasteiger partial charge in [0.2, 0.25) is 5.28 Å². The summed E-state index contributed by atoms with van der Waals surface area (Å²) in [5, 5.41) is 3.53. The highest BCUT2D eigenvalue weighted by atomic mass is 35.5. The van der Waals surface area contributed by atoms with Gasteiger partial charge in [-0.3, -0.25) is 0 Å². The number of pyridine rings is 1. The van der Waals surface area contributed by atoms with E-state index in [1.54, 1.807) is 12.1 Å². The number of rotatable bonds is 3. The molecule has 0 atom stereocenters. The van der Waals surface area contributed by atoms with Crippen molar-refractivity contribution in [2.75, 3.05) is 5.32 Å². The summed E-state index contributed by atoms with van der Waals surface area (Å²) in [6.07, 6.45) is 2.25. The lowest BCUT2D eigenvalue weighted by molar-refractivity contribution is 0.628. The molecule has 0 spiro atoms. The molecule has 22 heavy (non-hydrogen) atoms. The van der Waals surface area contributed by atoms with E-state index in [4.69, 9.17) is 11.6 Å². The van der Waals surface area contributed by atoms with Crippen LogP contribution in [0.15, 0.2) is 36.4 Å². The molecule has 1 N–H and O–H groups in total. The number of hydrogen-bond donors (Lipinski definition) is 1. The lowest BCUT2D eigenvalue weighted by Crippen LogP contribution is -2.06. The molecule has 1 aromatic carbocycles. The summed E-state index contributed by atoms with van der Waals surface area (Å²) in [5.74, 6) is 0.386. The van der Waals surface area contributed by atoms with Gasteiger partial charge in [0, 0.05) is 11.6 Å². The van der Waals surface area contributed by atoms with E-state index in [1.807, 2.05) is 12.1 Å². The van der Waals surface area contributed by atoms with Crippen molar-refractivity contribution >= 4 is 28.5 Å². The van der Waals surface area contributed by atoms with Gasteiger partial charge in [-0.1, -0.05) is 0 Å². The predicted molar refractivity (Wildman–Crippen MR) is 84.4 cm³/mol. The average molecular weight is 315 g/mol. The number of halogens is 2. The number of fused-ring (bicyclic) bond motifs is 1. The third-order valence-corrected chi connectivity index (χ3v) is 3.74. The van der Waals surface area contributed by atoms with Crippen molar-refractivity contribution in [3.8, 4) is 11.3 Å². The van der Waals surface area contributed by atoms with Gasteiger partial charge < -0.3 is 5.32 Å². The zero-order valence-electron chi connectivity index (χ0n) is 11.6. The second-order valence-corrected chi connectivity index (χ2v) is 5.67. The monoisotopic (exact) mass is 314 g/mol. The van der Waals surface area contributed by atoms with E-state index in [1.165, 1.54) is 12.1 Å². The Bertz CT molecular complexity index is 847. The van der Waals surface area contributed by atoms with Gasteiger partial charge in [0.15, 0.2) is 5.82 Å². The van der Waals surface area contributed by atoms with Crippen molar-refractivity contribution in [1.29, 1.82) is 0 Å². The quantitative estimate of drug-likeness (QED) is 0.741. The van der Waals surface area contributed by atoms with Gasteiger partial charge in [0.05, 0.1) is 11.2 Å². The van der Waals surface area contributed by atoms with Crippen LogP contribution in [0.25, 0.3) is 22.3 Å². The zero-order valence-corrected chi connectivity index (χ0v) is 12.3. The Morgan fingerprint density at radius 3 is 2.50 bits per heavy atom. The van der Waals surface area contributed by atoms with Crippen molar-refractivity contribution in [1.82, 2.24) is 15.0 Å². The summed E-state index contributed by atoms with van der Waals surface area (Å²) in [6.45, 7) is 0. The summed E-state index contributed by atoms with van der Waals surface area (Å²) in [4.78, 5) is 13.1. The molecule has 110 valence electrons. The smallest absolute Gasteiger partial charge is 0.225 e. The van der Waals surface area contributed by atoms with Crippen LogP contribution in [0.4, 0.5) is 10.2 Å². The molecule has 0 amide bonds. The predicted octanol–water partition coefficient (Wildman–Crippen LogP) is 4.06. The molecule has 2 aromatic heterocycles. The molecular formula is C16H12ClFN4. The van der Waals surface area contributed by atoms with Crippen LogP contribution in [0, 0.1) is 5.82 Å². The van der Waals surface area contributed by atoms with Crippen LogP contribution >= 0.6 is 11.6 Å². The fourth-order valence-electron chi connectivity index (χ4n) is 2.29. The number of hydrogen-bond acceptors (Lipinski definition) is 4. The summed E-state index contributed by atoms with van der Waals surface area (Å²) in [5.41, 5.74) is 2.96. The minimum Gasteiger partial charge on any atom is -0.365 e. The number of anilines is 1. The van der Waals surface area contributed by atoms with Gasteiger partial charge in [-0.05, 0) is 60.8 Å². The van der Waals surface area contributed by atoms with E-state index in [0.717, 1.165) is 24.1 Å². The van der Waals surface area contributed by atoms with E-state index < -0.39 is 0 Å². The molecule has 4 nitrogen and oxygen atoms in total. The summed E-state index contributed by atoms with van der Waals surface area (Å²) in [6, 6.07) is 10.4. The summed E-state index contributed by atoms with van der Waals surface area (Å²) < 4.78 is 13.0. The van der Waals surface area contributed by atoms with Crippen LogP contribution in [0.1, 0.15) is 12.8 Å². The van der Waals surface area contributed by atoms with Gasteiger partial charge >= 0.3 is 0 Å². The zero-order chi connectivity index (χ0) is 15.1. The SMILES string of the molecule is Fc1ccc(-c2ccc3nc(Cl)nc(NC4CC4)c3n2)cc1. The minimum atomic E-state index is -0.268. The first kappa shape index (κ1) is 13.4. The van der Waals surface area contributed by atoms with Gasteiger partial charge in [-0.25, -0.2) is 14.4 Å². The second kappa shape index (κ2) is 5.18. The maximum atomic E-state index is 13.0.